The number of rotatable bonds is 3. The second kappa shape index (κ2) is 5.33. The van der Waals surface area contributed by atoms with Gasteiger partial charge in [-0.05, 0) is 48.6 Å². The fourth-order valence-corrected chi connectivity index (χ4v) is 4.19. The van der Waals surface area contributed by atoms with Crippen LogP contribution in [0.25, 0.3) is 0 Å². The van der Waals surface area contributed by atoms with Crippen LogP contribution in [-0.2, 0) is 0 Å². The molecule has 0 amide bonds. The van der Waals surface area contributed by atoms with E-state index in [1.165, 1.54) is 40.8 Å². The van der Waals surface area contributed by atoms with Crippen LogP contribution in [0.15, 0.2) is 28.7 Å². The number of hydrogen-bond acceptors (Lipinski definition) is 2. The van der Waals surface area contributed by atoms with Crippen LogP contribution in [0.3, 0.4) is 0 Å². The lowest BCUT2D eigenvalue weighted by molar-refractivity contribution is 0.271. The highest BCUT2D eigenvalue weighted by Gasteiger charge is 2.32. The molecule has 3 heteroatoms. The molecule has 3 rings (SSSR count). The predicted molar refractivity (Wildman–Crippen MR) is 78.8 cm³/mol. The fourth-order valence-electron chi connectivity index (χ4n) is 2.76. The van der Waals surface area contributed by atoms with Gasteiger partial charge in [-0.15, -0.1) is 0 Å². The van der Waals surface area contributed by atoms with Gasteiger partial charge < -0.3 is 5.32 Å². The average molecular weight is 312 g/mol. The highest BCUT2D eigenvalue weighted by Crippen LogP contribution is 2.38. The molecule has 1 saturated carbocycles. The molecule has 1 saturated heterocycles. The first-order valence-electron chi connectivity index (χ1n) is 6.40. The number of nitrogens with one attached hydrogen (secondary N) is 1. The number of hydrogen-bond donors (Lipinski definition) is 1. The second-order valence-electron chi connectivity index (χ2n) is 5.14. The Morgan fingerprint density at radius 2 is 1.88 bits per heavy atom. The van der Waals surface area contributed by atoms with Crippen molar-refractivity contribution in [1.29, 1.82) is 0 Å². The average Bonchev–Trinajstić information content (AvgIpc) is 2.77. The zero-order valence-corrected chi connectivity index (χ0v) is 12.3. The Bertz CT molecular complexity index is 366. The van der Waals surface area contributed by atoms with Gasteiger partial charge in [-0.1, -0.05) is 28.1 Å². The molecule has 17 heavy (non-hydrogen) atoms. The van der Waals surface area contributed by atoms with E-state index in [1.807, 2.05) is 0 Å². The predicted octanol–water partition coefficient (Wildman–Crippen LogP) is 3.79. The Labute approximate surface area is 116 Å². The maximum atomic E-state index is 3.80. The van der Waals surface area contributed by atoms with Gasteiger partial charge in [-0.3, -0.25) is 0 Å². The molecule has 0 spiro atoms. The Hall–Kier alpha value is 0.01000. The van der Waals surface area contributed by atoms with Gasteiger partial charge in [0.15, 0.2) is 0 Å². The molecule has 1 aromatic rings. The summed E-state index contributed by atoms with van der Waals surface area (Å²) in [5.74, 6) is 3.45. The quantitative estimate of drug-likeness (QED) is 0.911. The molecule has 0 aromatic heterocycles. The molecule has 0 bridgehead atoms. The lowest BCUT2D eigenvalue weighted by Crippen LogP contribution is -2.45. The summed E-state index contributed by atoms with van der Waals surface area (Å²) in [5.41, 5.74) is 1.51. The monoisotopic (exact) mass is 311 g/mol. The Morgan fingerprint density at radius 3 is 2.53 bits per heavy atom. The van der Waals surface area contributed by atoms with Crippen LogP contribution in [0.4, 0.5) is 0 Å². The molecule has 0 radical (unpaired) electrons. The van der Waals surface area contributed by atoms with E-state index in [2.05, 4.69) is 57.3 Å². The minimum Gasteiger partial charge on any atom is -0.310 e. The van der Waals surface area contributed by atoms with Gasteiger partial charge in [-0.25, -0.2) is 0 Å². The minimum atomic E-state index is 0.771. The van der Waals surface area contributed by atoms with E-state index in [0.717, 1.165) is 18.0 Å². The van der Waals surface area contributed by atoms with E-state index in [1.54, 1.807) is 0 Å². The summed E-state index contributed by atoms with van der Waals surface area (Å²) in [5, 5.41) is 3.80. The van der Waals surface area contributed by atoms with Crippen molar-refractivity contribution in [3.05, 3.63) is 34.3 Å². The molecule has 1 aromatic carbocycles. The lowest BCUT2D eigenvalue weighted by Gasteiger charge is -2.38. The SMILES string of the molecule is Brc1ccc(C2CC(NC3CCSC3)C2)cc1. The summed E-state index contributed by atoms with van der Waals surface area (Å²) in [7, 11) is 0. The molecule has 92 valence electrons. The first kappa shape index (κ1) is 12.1. The van der Waals surface area contributed by atoms with Crippen molar-refractivity contribution in [1.82, 2.24) is 5.32 Å². The van der Waals surface area contributed by atoms with Gasteiger partial charge in [0.25, 0.3) is 0 Å². The van der Waals surface area contributed by atoms with Gasteiger partial charge in [-0.2, -0.15) is 11.8 Å². The summed E-state index contributed by atoms with van der Waals surface area (Å²) >= 11 is 5.58. The highest BCUT2D eigenvalue weighted by molar-refractivity contribution is 9.10. The minimum absolute atomic E-state index is 0.771. The van der Waals surface area contributed by atoms with Gasteiger partial charge in [0.05, 0.1) is 0 Å². The Balaban J connectivity index is 1.49. The molecular weight excluding hydrogens is 294 g/mol. The van der Waals surface area contributed by atoms with Crippen molar-refractivity contribution < 1.29 is 0 Å². The topological polar surface area (TPSA) is 12.0 Å². The maximum absolute atomic E-state index is 3.80. The molecular formula is C14H18BrNS. The van der Waals surface area contributed by atoms with Gasteiger partial charge in [0.2, 0.25) is 0 Å². The van der Waals surface area contributed by atoms with Crippen LogP contribution in [0.1, 0.15) is 30.7 Å². The van der Waals surface area contributed by atoms with Crippen molar-refractivity contribution in [2.45, 2.75) is 37.3 Å². The van der Waals surface area contributed by atoms with Crippen molar-refractivity contribution in [3.63, 3.8) is 0 Å². The van der Waals surface area contributed by atoms with Crippen LogP contribution < -0.4 is 5.32 Å². The molecule has 1 aliphatic heterocycles. The lowest BCUT2D eigenvalue weighted by atomic mass is 9.75. The van der Waals surface area contributed by atoms with E-state index in [9.17, 15) is 0 Å². The van der Waals surface area contributed by atoms with Crippen LogP contribution in [0.5, 0.6) is 0 Å². The number of halogens is 1. The maximum Gasteiger partial charge on any atom is 0.0175 e. The van der Waals surface area contributed by atoms with Crippen molar-refractivity contribution in [2.24, 2.45) is 0 Å². The van der Waals surface area contributed by atoms with E-state index < -0.39 is 0 Å². The normalized spacial score (nSPS) is 32.4. The fraction of sp³-hybridized carbons (Fsp3) is 0.571. The van der Waals surface area contributed by atoms with Gasteiger partial charge in [0.1, 0.15) is 0 Å². The highest BCUT2D eigenvalue weighted by atomic mass is 79.9. The third kappa shape index (κ3) is 2.88. The van der Waals surface area contributed by atoms with E-state index in [4.69, 9.17) is 0 Å². The zero-order valence-electron chi connectivity index (χ0n) is 9.86. The largest absolute Gasteiger partial charge is 0.310 e. The third-order valence-electron chi connectivity index (χ3n) is 3.88. The van der Waals surface area contributed by atoms with Crippen LogP contribution in [-0.4, -0.2) is 23.6 Å². The number of thioether (sulfide) groups is 1. The molecule has 2 aliphatic rings. The third-order valence-corrected chi connectivity index (χ3v) is 5.57. The summed E-state index contributed by atoms with van der Waals surface area (Å²) < 4.78 is 1.18. The molecule has 1 unspecified atom stereocenters. The first-order valence-corrected chi connectivity index (χ1v) is 8.35. The van der Waals surface area contributed by atoms with Crippen LogP contribution >= 0.6 is 27.7 Å². The summed E-state index contributed by atoms with van der Waals surface area (Å²) in [6, 6.07) is 10.4. The van der Waals surface area contributed by atoms with E-state index in [-0.39, 0.29) is 0 Å². The number of benzene rings is 1. The summed E-state index contributed by atoms with van der Waals surface area (Å²) in [6.07, 6.45) is 4.01. The molecule has 1 atom stereocenters. The smallest absolute Gasteiger partial charge is 0.0175 e. The Morgan fingerprint density at radius 1 is 1.12 bits per heavy atom. The van der Waals surface area contributed by atoms with E-state index in [0.29, 0.717) is 0 Å². The Kier molecular flexibility index (Phi) is 3.78. The standard InChI is InChI=1S/C14H18BrNS/c15-12-3-1-10(2-4-12)11-7-14(8-11)16-13-5-6-17-9-13/h1-4,11,13-14,16H,5-9H2. The summed E-state index contributed by atoms with van der Waals surface area (Å²) in [6.45, 7) is 0. The van der Waals surface area contributed by atoms with Crippen molar-refractivity contribution >= 4 is 27.7 Å². The van der Waals surface area contributed by atoms with Crippen LogP contribution in [0, 0.1) is 0 Å². The zero-order chi connectivity index (χ0) is 11.7. The molecule has 1 N–H and O–H groups in total. The molecule has 1 nitrogen and oxygen atoms in total. The second-order valence-corrected chi connectivity index (χ2v) is 7.21. The first-order chi connectivity index (χ1) is 8.31. The van der Waals surface area contributed by atoms with E-state index >= 15 is 0 Å². The van der Waals surface area contributed by atoms with Crippen molar-refractivity contribution in [2.75, 3.05) is 11.5 Å². The van der Waals surface area contributed by atoms with Gasteiger partial charge in [0, 0.05) is 22.3 Å². The van der Waals surface area contributed by atoms with Gasteiger partial charge >= 0.3 is 0 Å². The molecule has 1 aliphatic carbocycles. The molecule has 2 fully saturated rings. The van der Waals surface area contributed by atoms with Crippen molar-refractivity contribution in [3.8, 4) is 0 Å². The molecule has 1 heterocycles. The van der Waals surface area contributed by atoms with Crippen LogP contribution in [0.2, 0.25) is 0 Å². The summed E-state index contributed by atoms with van der Waals surface area (Å²) in [4.78, 5) is 0.